The van der Waals surface area contributed by atoms with Gasteiger partial charge in [0.2, 0.25) is 0 Å². The van der Waals surface area contributed by atoms with Crippen LogP contribution in [0.25, 0.3) is 0 Å². The smallest absolute Gasteiger partial charge is 0.270 e. The third-order valence-electron chi connectivity index (χ3n) is 5.24. The molecule has 1 aliphatic carbocycles. The number of aromatic nitrogens is 1. The van der Waals surface area contributed by atoms with Crippen LogP contribution in [0.15, 0.2) is 18.2 Å². The summed E-state index contributed by atoms with van der Waals surface area (Å²) in [6.45, 7) is 2.72. The Morgan fingerprint density at radius 1 is 1.23 bits per heavy atom. The number of thiazole rings is 1. The lowest BCUT2D eigenvalue weighted by Crippen LogP contribution is -2.35. The van der Waals surface area contributed by atoms with Gasteiger partial charge in [0.25, 0.3) is 5.91 Å². The number of amides is 1. The minimum Gasteiger partial charge on any atom is -0.398 e. The van der Waals surface area contributed by atoms with Crippen LogP contribution in [0, 0.1) is 6.92 Å². The fourth-order valence-electron chi connectivity index (χ4n) is 3.95. The van der Waals surface area contributed by atoms with E-state index in [1.807, 2.05) is 30.0 Å². The summed E-state index contributed by atoms with van der Waals surface area (Å²) in [5.41, 5.74) is 9.86. The molecule has 0 radical (unpaired) electrons. The highest BCUT2D eigenvalue weighted by Crippen LogP contribution is 2.38. The molecule has 2 aromatic rings. The number of hydrogen-bond acceptors (Lipinski definition) is 4. The highest BCUT2D eigenvalue weighted by molar-refractivity contribution is 7.14. The normalized spacial score (nSPS) is 16.6. The second-order valence-electron chi connectivity index (χ2n) is 6.85. The zero-order valence-corrected chi connectivity index (χ0v) is 17.3. The molecule has 1 fully saturated rings. The zero-order valence-electron chi connectivity index (χ0n) is 14.9. The first kappa shape index (κ1) is 21.0. The van der Waals surface area contributed by atoms with Crippen LogP contribution in [0.4, 0.5) is 11.4 Å². The van der Waals surface area contributed by atoms with Crippen molar-refractivity contribution in [3.63, 3.8) is 0 Å². The van der Waals surface area contributed by atoms with Gasteiger partial charge in [-0.05, 0) is 50.3 Å². The molecule has 1 aliphatic heterocycles. The van der Waals surface area contributed by atoms with E-state index in [4.69, 9.17) is 10.7 Å². The van der Waals surface area contributed by atoms with Crippen LogP contribution < -0.4 is 10.6 Å². The fourth-order valence-corrected chi connectivity index (χ4v) is 5.13. The lowest BCUT2D eigenvalue weighted by atomic mass is 9.99. The Kier molecular flexibility index (Phi) is 6.94. The maximum Gasteiger partial charge on any atom is 0.270 e. The number of benzene rings is 1. The lowest BCUT2D eigenvalue weighted by molar-refractivity contribution is 0.0988. The van der Waals surface area contributed by atoms with Crippen molar-refractivity contribution in [2.75, 3.05) is 17.2 Å². The molecule has 0 spiro atoms. The van der Waals surface area contributed by atoms with Crippen molar-refractivity contribution in [3.8, 4) is 0 Å². The van der Waals surface area contributed by atoms with E-state index in [1.54, 1.807) is 11.3 Å². The van der Waals surface area contributed by atoms with Gasteiger partial charge in [0.1, 0.15) is 4.88 Å². The van der Waals surface area contributed by atoms with Crippen molar-refractivity contribution >= 4 is 53.4 Å². The van der Waals surface area contributed by atoms with Gasteiger partial charge in [-0.15, -0.1) is 36.2 Å². The molecule has 142 valence electrons. The molecule has 0 saturated heterocycles. The van der Waals surface area contributed by atoms with Crippen molar-refractivity contribution in [3.05, 3.63) is 39.3 Å². The van der Waals surface area contributed by atoms with E-state index in [2.05, 4.69) is 0 Å². The van der Waals surface area contributed by atoms with E-state index in [-0.39, 0.29) is 30.7 Å². The van der Waals surface area contributed by atoms with Gasteiger partial charge < -0.3 is 10.6 Å². The predicted octanol–water partition coefficient (Wildman–Crippen LogP) is 5.13. The Morgan fingerprint density at radius 3 is 2.69 bits per heavy atom. The Morgan fingerprint density at radius 2 is 1.96 bits per heavy atom. The average Bonchev–Trinajstić information content (AvgIpc) is 3.23. The number of fused-ring (bicyclic) bond motifs is 1. The van der Waals surface area contributed by atoms with E-state index >= 15 is 0 Å². The standard InChI is InChI=1S/C19H23N3OS.2ClH/c1-12-17(24-18(21-12)13-6-2-3-7-13)19(23)22-11-5-8-14-15(20)9-4-10-16(14)22;;/h4,9-10,13H,2-3,5-8,11,20H2,1H3;2*1H. The van der Waals surface area contributed by atoms with Crippen molar-refractivity contribution in [2.45, 2.75) is 51.4 Å². The minimum atomic E-state index is 0. The number of anilines is 2. The third kappa shape index (κ3) is 3.71. The van der Waals surface area contributed by atoms with Gasteiger partial charge in [-0.3, -0.25) is 4.79 Å². The molecule has 26 heavy (non-hydrogen) atoms. The number of nitrogen functional groups attached to an aromatic ring is 1. The SMILES string of the molecule is Cc1nc(C2CCCC2)sc1C(=O)N1CCCc2c(N)cccc21.Cl.Cl. The maximum atomic E-state index is 13.2. The monoisotopic (exact) mass is 413 g/mol. The zero-order chi connectivity index (χ0) is 16.7. The average molecular weight is 414 g/mol. The number of nitrogens with zero attached hydrogens (tertiary/aromatic N) is 2. The maximum absolute atomic E-state index is 13.2. The quantitative estimate of drug-likeness (QED) is 0.694. The summed E-state index contributed by atoms with van der Waals surface area (Å²) in [6.07, 6.45) is 6.89. The van der Waals surface area contributed by atoms with Crippen LogP contribution in [-0.2, 0) is 6.42 Å². The van der Waals surface area contributed by atoms with Crippen LogP contribution in [0.1, 0.15) is 64.0 Å². The van der Waals surface area contributed by atoms with Gasteiger partial charge in [0.15, 0.2) is 0 Å². The van der Waals surface area contributed by atoms with Gasteiger partial charge in [0.05, 0.1) is 10.7 Å². The van der Waals surface area contributed by atoms with Crippen LogP contribution in [-0.4, -0.2) is 17.4 Å². The number of aryl methyl sites for hydroxylation is 1. The molecule has 4 nitrogen and oxygen atoms in total. The molecular formula is C19H25Cl2N3OS. The summed E-state index contributed by atoms with van der Waals surface area (Å²) >= 11 is 1.60. The molecule has 2 heterocycles. The molecule has 0 bridgehead atoms. The van der Waals surface area contributed by atoms with E-state index in [0.717, 1.165) is 51.9 Å². The molecule has 2 aliphatic rings. The fraction of sp³-hybridized carbons (Fsp3) is 0.474. The van der Waals surface area contributed by atoms with Gasteiger partial charge in [0, 0.05) is 23.8 Å². The summed E-state index contributed by atoms with van der Waals surface area (Å²) in [5.74, 6) is 0.639. The molecule has 2 N–H and O–H groups in total. The highest BCUT2D eigenvalue weighted by atomic mass is 35.5. The van der Waals surface area contributed by atoms with Crippen molar-refractivity contribution < 1.29 is 4.79 Å². The number of nitrogens with two attached hydrogens (primary N) is 1. The van der Waals surface area contributed by atoms with Crippen LogP contribution in [0.3, 0.4) is 0 Å². The summed E-state index contributed by atoms with van der Waals surface area (Å²) in [4.78, 5) is 20.6. The molecule has 1 saturated carbocycles. The van der Waals surface area contributed by atoms with Gasteiger partial charge in [-0.1, -0.05) is 18.9 Å². The van der Waals surface area contributed by atoms with Gasteiger partial charge in [-0.2, -0.15) is 0 Å². The highest BCUT2D eigenvalue weighted by Gasteiger charge is 2.29. The first-order chi connectivity index (χ1) is 11.6. The molecule has 1 aromatic heterocycles. The first-order valence-corrected chi connectivity index (χ1v) is 9.63. The topological polar surface area (TPSA) is 59.2 Å². The number of rotatable bonds is 2. The second kappa shape index (κ2) is 8.59. The Hall–Kier alpha value is -1.30. The van der Waals surface area contributed by atoms with Crippen molar-refractivity contribution in [2.24, 2.45) is 0 Å². The molecule has 1 aromatic carbocycles. The summed E-state index contributed by atoms with van der Waals surface area (Å²) in [5, 5.41) is 1.15. The van der Waals surface area contributed by atoms with Gasteiger partial charge in [-0.25, -0.2) is 4.98 Å². The van der Waals surface area contributed by atoms with E-state index in [1.165, 1.54) is 25.7 Å². The number of halogens is 2. The molecule has 4 rings (SSSR count). The molecular weight excluding hydrogens is 389 g/mol. The molecule has 0 atom stereocenters. The van der Waals surface area contributed by atoms with E-state index in [0.29, 0.717) is 5.92 Å². The summed E-state index contributed by atoms with van der Waals surface area (Å²) < 4.78 is 0. The molecule has 0 unspecified atom stereocenters. The third-order valence-corrected chi connectivity index (χ3v) is 6.55. The van der Waals surface area contributed by atoms with Crippen molar-refractivity contribution in [1.29, 1.82) is 0 Å². The lowest BCUT2D eigenvalue weighted by Gasteiger charge is -2.30. The number of hydrogen-bond donors (Lipinski definition) is 1. The number of carbonyl (C=O) groups excluding carboxylic acids is 1. The van der Waals surface area contributed by atoms with Crippen LogP contribution in [0.5, 0.6) is 0 Å². The van der Waals surface area contributed by atoms with E-state index in [9.17, 15) is 4.79 Å². The summed E-state index contributed by atoms with van der Waals surface area (Å²) in [7, 11) is 0. The van der Waals surface area contributed by atoms with Crippen LogP contribution in [0.2, 0.25) is 0 Å². The molecule has 1 amide bonds. The van der Waals surface area contributed by atoms with Crippen molar-refractivity contribution in [1.82, 2.24) is 4.98 Å². The summed E-state index contributed by atoms with van der Waals surface area (Å²) in [6, 6.07) is 5.86. The first-order valence-electron chi connectivity index (χ1n) is 8.81. The Labute approximate surface area is 171 Å². The molecule has 7 heteroatoms. The minimum absolute atomic E-state index is 0. The van der Waals surface area contributed by atoms with Gasteiger partial charge >= 0.3 is 0 Å². The van der Waals surface area contributed by atoms with Crippen LogP contribution >= 0.6 is 36.2 Å². The van der Waals surface area contributed by atoms with E-state index < -0.39 is 0 Å². The second-order valence-corrected chi connectivity index (χ2v) is 7.88. The Balaban J connectivity index is 0.00000121. The number of carbonyl (C=O) groups is 1. The largest absolute Gasteiger partial charge is 0.398 e. The predicted molar refractivity (Wildman–Crippen MR) is 113 cm³/mol. The Bertz CT molecular complexity index is 787.